The third-order valence-electron chi connectivity index (χ3n) is 17.8. The summed E-state index contributed by atoms with van der Waals surface area (Å²) >= 11 is 11.3. The number of carboxylic acids is 3. The van der Waals surface area contributed by atoms with Gasteiger partial charge in [-0.05, 0) is 211 Å². The van der Waals surface area contributed by atoms with Gasteiger partial charge >= 0.3 is 128 Å². The quantitative estimate of drug-likeness (QED) is 0.00226. The zero-order valence-electron chi connectivity index (χ0n) is 85.0. The van der Waals surface area contributed by atoms with E-state index in [1.54, 1.807) is 147 Å². The first kappa shape index (κ1) is 139. The standard InChI is InChI=1S/C15H16BrNO4.C15H16FNO4.C15H17NO4.C14H15NO4.C11H20FNO4.C10H18O5.C6H14FN3O.C6H12FNO2.Ag.2BHNS.FH.H2N2.H2/c2*1-15(2,16)8-11(14(20)21-3)17-12(18)9-6-4-5-7-10(9)13(17)19;1-9(2)8-12(15(19)20-3)16-13(17)10-6-4-5-7-11(10)14(16)18;1-8(2)7-11(14(18)19)15-12(16)9-5-3-4-6-10(9)13(15)17;1-10(2,3)17-9(16)13-7(8(14)15)6-11(4,5)12;1-9(2,3)14-7(11)13-8(12)15-10(4,5)6;1-6(2,7)3-4(8)5(11)10-9;1-6(2,7)3-4(8)5(9)10;;2*1-2-3;;1-2;/h2*4-7,11H,8H2,1-3H3;4-7,9,12H,8H2,1-3H3;3-6,8,11H,7H2,1-2H3,(H,18,19);7H,6H2,1-5H3,(H,13,16)(H,14,15);1-6H3;4H,3,8-9H2,1-2H3,(H,10,11);4H,3,8H2,1-2H3,(H,9,10);;2*3H;1H;1-2H;1H/q;;;;;;;;+1;;;;;/p-1. The fraction of sp³-hybridized carbons (Fsp3) is 0.543. The first-order chi connectivity index (χ1) is 65.8. The van der Waals surface area contributed by atoms with Gasteiger partial charge in [-0.15, -0.1) is 0 Å². The zero-order valence-corrected chi connectivity index (χ0v) is 89.8. The minimum Gasteiger partial charge on any atom is 0 e. The molecule has 4 heterocycles. The first-order valence-corrected chi connectivity index (χ1v) is 45.3. The van der Waals surface area contributed by atoms with Gasteiger partial charge in [0.15, 0.2) is 0 Å². The molecular formula is C92H134AgB2BrF5N13O28S2. The molecule has 41 nitrogen and oxygen atoms in total. The predicted octanol–water partition coefficient (Wildman–Crippen LogP) is 14.6. The summed E-state index contributed by atoms with van der Waals surface area (Å²) < 4.78 is 99.8. The number of imide groups is 4. The smallest absolute Gasteiger partial charge is 0 e. The molecule has 4 aromatic carbocycles. The molecule has 0 aromatic heterocycles. The number of hydrogen-bond acceptors (Lipinski definition) is 34. The molecule has 0 spiro atoms. The van der Waals surface area contributed by atoms with E-state index in [0.717, 1.165) is 26.7 Å². The molecule has 7 unspecified atom stereocenters. The number of esters is 3. The van der Waals surface area contributed by atoms with Crippen LogP contribution in [0.1, 0.15) is 288 Å². The van der Waals surface area contributed by atoms with Gasteiger partial charge < -0.3 is 65.3 Å². The number of hydrazine groups is 1. The van der Waals surface area contributed by atoms with Crippen LogP contribution in [0.5, 0.6) is 0 Å². The van der Waals surface area contributed by atoms with Crippen molar-refractivity contribution in [1.29, 1.82) is 11.1 Å². The summed E-state index contributed by atoms with van der Waals surface area (Å²) in [6.07, 6.45) is -2.89. The average Bonchev–Trinajstić information content (AvgIpc) is 1.64. The Kier molecular flexibility index (Phi) is 61.4. The first-order valence-electron chi connectivity index (χ1n) is 43.2. The molecular weight excluding hydrogens is 2100 g/mol. The maximum atomic E-state index is 13.9. The van der Waals surface area contributed by atoms with E-state index >= 15 is 0 Å². The number of carboxylic acid groups (broad SMARTS) is 3. The summed E-state index contributed by atoms with van der Waals surface area (Å²) in [5.41, 5.74) is 16.1. The molecule has 2 radical (unpaired) electrons. The van der Waals surface area contributed by atoms with Crippen molar-refractivity contribution in [2.75, 3.05) is 21.3 Å². The van der Waals surface area contributed by atoms with Crippen LogP contribution in [0.3, 0.4) is 0 Å². The van der Waals surface area contributed by atoms with Crippen LogP contribution in [0.4, 0.5) is 35.0 Å². The molecule has 144 heavy (non-hydrogen) atoms. The van der Waals surface area contributed by atoms with Crippen molar-refractivity contribution in [3.63, 3.8) is 0 Å². The number of benzene rings is 4. The van der Waals surface area contributed by atoms with Gasteiger partial charge in [0.05, 0.1) is 71.9 Å². The second-order valence-corrected chi connectivity index (χ2v) is 40.4. The monoisotopic (exact) mass is 2240 g/mol. The van der Waals surface area contributed by atoms with E-state index in [2.05, 4.69) is 80.2 Å². The Morgan fingerprint density at radius 3 is 0.847 bits per heavy atom. The number of nitrogens with two attached hydrogens (primary N) is 3. The third kappa shape index (κ3) is 52.3. The van der Waals surface area contributed by atoms with Crippen LogP contribution in [-0.4, -0.2) is 265 Å². The molecule has 7 atom stereocenters. The van der Waals surface area contributed by atoms with E-state index in [1.165, 1.54) is 103 Å². The molecule has 0 fully saturated rings. The number of fused-ring (bicyclic) bond motifs is 4. The van der Waals surface area contributed by atoms with Crippen molar-refractivity contribution in [2.24, 2.45) is 37.7 Å². The van der Waals surface area contributed by atoms with E-state index in [-0.39, 0.29) is 74.0 Å². The van der Waals surface area contributed by atoms with E-state index in [9.17, 15) is 112 Å². The van der Waals surface area contributed by atoms with Gasteiger partial charge in [-0.1, -0.05) is 92.2 Å². The summed E-state index contributed by atoms with van der Waals surface area (Å²) in [5.74, 6) is -5.11. The number of halogens is 6. The fourth-order valence-corrected chi connectivity index (χ4v) is 12.8. The van der Waals surface area contributed by atoms with Crippen molar-refractivity contribution in [3.05, 3.63) is 142 Å². The van der Waals surface area contributed by atoms with Crippen LogP contribution in [0.15, 0.2) is 106 Å². The van der Waals surface area contributed by atoms with Crippen molar-refractivity contribution >= 4 is 164 Å². The van der Waals surface area contributed by atoms with Crippen molar-refractivity contribution in [2.45, 2.75) is 290 Å². The van der Waals surface area contributed by atoms with Crippen molar-refractivity contribution in [3.8, 4) is 0 Å². The SMILES string of the molecule is CC(C)(C)OC(=O)OC(=O)OC(C)(C)C.CC(C)(F)CC(N)C(=O)NN.CC(C)(F)CC(N)C(=O)O.CC(C)(F)CC(NC(=O)OC(C)(C)C)C(=O)O.CC(C)CC(C(=O)O)N1C(=O)c2ccccc2C1=O.COC(=O)C(CC(C)(C)Br)N1C(=O)c2ccccc2C1=O.COC(=O)C(CC(C)(C)F)N1C(=O)c2ccccc2C1=O.COC(=O)C(CC(C)C)N1C(=O)c2ccccc2C1=O.N=N.[B]=NS.[B]=NS.[F][Ag].[HH]. The number of aliphatic carboxylic acids is 3. The average molecular weight is 2240 g/mol. The zero-order chi connectivity index (χ0) is 114. The molecule has 4 aliphatic rings. The maximum absolute atomic E-state index is 13.9. The Hall–Kier alpha value is -11.5. The number of amides is 10. The van der Waals surface area contributed by atoms with Gasteiger partial charge in [0, 0.05) is 31.4 Å². The van der Waals surface area contributed by atoms with Crippen LogP contribution in [-0.2, 0) is 88.3 Å². The maximum Gasteiger partial charge on any atom is 0 e. The number of methoxy groups -OCH3 is 3. The number of nitrogens with one attached hydrogen (secondary N) is 4. The van der Waals surface area contributed by atoms with Crippen molar-refractivity contribution < 1.29 is 178 Å². The molecule has 10 amide bonds. The number of carbonyl (C=O) groups excluding carboxylic acids is 15. The molecule has 52 heteroatoms. The predicted molar refractivity (Wildman–Crippen MR) is 526 cm³/mol. The fourth-order valence-electron chi connectivity index (χ4n) is 12.4. The normalized spacial score (nSPS) is 14.1. The molecule has 13 N–H and O–H groups in total. The minimum absolute atomic E-state index is 0. The molecule has 4 aromatic rings. The van der Waals surface area contributed by atoms with Gasteiger partial charge in [-0.2, -0.15) is 0 Å². The third-order valence-corrected chi connectivity index (χ3v) is 18.2. The van der Waals surface area contributed by atoms with Crippen molar-refractivity contribution in [1.82, 2.24) is 30.3 Å². The Morgan fingerprint density at radius 1 is 0.417 bits per heavy atom. The number of alkyl carbamates (subject to hydrolysis) is 1. The van der Waals surface area contributed by atoms with Crippen LogP contribution in [0.2, 0.25) is 0 Å². The van der Waals surface area contributed by atoms with Crippen LogP contribution < -0.4 is 28.1 Å². The van der Waals surface area contributed by atoms with Crippen LogP contribution in [0, 0.1) is 22.9 Å². The number of rotatable bonds is 26. The number of thiol groups is 2. The molecule has 0 bridgehead atoms. The second kappa shape index (κ2) is 63.7. The second-order valence-electron chi connectivity index (χ2n) is 37.8. The number of carbonyl (C=O) groups is 18. The van der Waals surface area contributed by atoms with Gasteiger partial charge in [0.2, 0.25) is 0 Å². The molecule has 0 aliphatic carbocycles. The summed E-state index contributed by atoms with van der Waals surface area (Å²) in [6, 6.07) is 18.3. The van der Waals surface area contributed by atoms with E-state index < -0.39 is 193 Å². The number of alkyl halides is 5. The molecule has 0 saturated heterocycles. The Bertz CT molecular complexity index is 4780. The summed E-state index contributed by atoms with van der Waals surface area (Å²) in [6.45, 7) is 36.6. The summed E-state index contributed by atoms with van der Waals surface area (Å²) in [4.78, 5) is 214. The van der Waals surface area contributed by atoms with Crippen LogP contribution in [0.25, 0.3) is 0 Å². The molecule has 806 valence electrons. The summed E-state index contributed by atoms with van der Waals surface area (Å²) in [7, 11) is 12.3. The number of hydrogen-bond donors (Lipinski definition) is 12. The van der Waals surface area contributed by atoms with E-state index in [4.69, 9.17) is 62.3 Å². The van der Waals surface area contributed by atoms with Gasteiger partial charge in [-0.3, -0.25) is 73.0 Å². The molecule has 0 saturated carbocycles. The Balaban J connectivity index is -0.000000512. The molecule has 8 rings (SSSR count). The molecule has 4 aliphatic heterocycles. The van der Waals surface area contributed by atoms with Gasteiger partial charge in [0.1, 0.15) is 75.7 Å². The van der Waals surface area contributed by atoms with Crippen LogP contribution >= 0.6 is 41.6 Å². The van der Waals surface area contributed by atoms with Gasteiger partial charge in [-0.25, -0.2) is 72.8 Å². The van der Waals surface area contributed by atoms with Gasteiger partial charge in [0.25, 0.3) is 53.2 Å². The largest absolute Gasteiger partial charge is 0 e. The number of ether oxygens (including phenoxy) is 7. The Morgan fingerprint density at radius 2 is 0.646 bits per heavy atom. The van der Waals surface area contributed by atoms with E-state index in [1.807, 2.05) is 47.0 Å². The van der Waals surface area contributed by atoms with E-state index in [0.29, 0.717) is 28.7 Å². The minimum atomic E-state index is -1.73. The summed E-state index contributed by atoms with van der Waals surface area (Å²) in [5, 5.41) is 28.5. The Labute approximate surface area is 869 Å². The topological polar surface area (TPSA) is 620 Å². The number of nitrogens with zero attached hydrogens (tertiary/aromatic N) is 6.